The van der Waals surface area contributed by atoms with Crippen LogP contribution in [0.2, 0.25) is 0 Å². The Morgan fingerprint density at radius 3 is 3.21 bits per heavy atom. The summed E-state index contributed by atoms with van der Waals surface area (Å²) in [5.41, 5.74) is 4.23. The molecule has 1 fully saturated rings. The van der Waals surface area contributed by atoms with Gasteiger partial charge < -0.3 is 0 Å². The first-order valence-corrected chi connectivity index (χ1v) is 5.49. The van der Waals surface area contributed by atoms with Gasteiger partial charge in [0.2, 0.25) is 0 Å². The second kappa shape index (κ2) is 2.79. The highest BCUT2D eigenvalue weighted by atomic mass is 32.1. The van der Waals surface area contributed by atoms with Crippen LogP contribution >= 0.6 is 11.3 Å². The maximum Gasteiger partial charge on any atom is 0.0812 e. The van der Waals surface area contributed by atoms with Gasteiger partial charge >= 0.3 is 0 Å². The van der Waals surface area contributed by atoms with Crippen LogP contribution in [-0.4, -0.2) is 4.98 Å². The predicted molar refractivity (Wildman–Crippen MR) is 56.1 cm³/mol. The van der Waals surface area contributed by atoms with Gasteiger partial charge in [-0.3, -0.25) is 0 Å². The summed E-state index contributed by atoms with van der Waals surface area (Å²) in [7, 11) is 0. The molecule has 0 aliphatic heterocycles. The van der Waals surface area contributed by atoms with Gasteiger partial charge in [-0.15, -0.1) is 11.3 Å². The van der Waals surface area contributed by atoms with Crippen molar-refractivity contribution >= 4 is 21.6 Å². The van der Waals surface area contributed by atoms with Crippen LogP contribution in [-0.2, 0) is 0 Å². The minimum atomic E-state index is 0.250. The van der Waals surface area contributed by atoms with Crippen molar-refractivity contribution in [2.45, 2.75) is 12.3 Å². The van der Waals surface area contributed by atoms with Crippen molar-refractivity contribution < 1.29 is 0 Å². The molecule has 0 N–H and O–H groups in total. The summed E-state index contributed by atoms with van der Waals surface area (Å²) < 4.78 is 1.23. The van der Waals surface area contributed by atoms with Gasteiger partial charge in [-0.05, 0) is 24.1 Å². The summed E-state index contributed by atoms with van der Waals surface area (Å²) >= 11 is 1.66. The van der Waals surface area contributed by atoms with Crippen LogP contribution in [0.25, 0.3) is 10.2 Å². The van der Waals surface area contributed by atoms with Crippen LogP contribution in [0.3, 0.4) is 0 Å². The third-order valence-electron chi connectivity index (χ3n) is 2.74. The Morgan fingerprint density at radius 2 is 2.43 bits per heavy atom. The van der Waals surface area contributed by atoms with Crippen molar-refractivity contribution in [3.63, 3.8) is 0 Å². The van der Waals surface area contributed by atoms with Crippen molar-refractivity contribution in [1.29, 1.82) is 5.26 Å². The van der Waals surface area contributed by atoms with Gasteiger partial charge in [-0.1, -0.05) is 6.07 Å². The summed E-state index contributed by atoms with van der Waals surface area (Å²) in [5, 5.41) is 8.75. The third-order valence-corrected chi connectivity index (χ3v) is 3.53. The smallest absolute Gasteiger partial charge is 0.0812 e. The first-order valence-electron chi connectivity index (χ1n) is 4.61. The summed E-state index contributed by atoms with van der Waals surface area (Å²) in [6, 6.07) is 8.64. The molecule has 0 bridgehead atoms. The lowest BCUT2D eigenvalue weighted by Crippen LogP contribution is -1.80. The number of nitrogens with zero attached hydrogens (tertiary/aromatic N) is 2. The zero-order valence-corrected chi connectivity index (χ0v) is 8.29. The molecule has 1 saturated carbocycles. The zero-order chi connectivity index (χ0) is 9.54. The molecule has 2 nitrogen and oxygen atoms in total. The van der Waals surface area contributed by atoms with Gasteiger partial charge in [-0.2, -0.15) is 5.26 Å². The highest BCUT2D eigenvalue weighted by Gasteiger charge is 2.38. The molecular weight excluding hydrogens is 192 g/mol. The fourth-order valence-corrected chi connectivity index (χ4v) is 2.53. The molecule has 1 aromatic carbocycles. The molecule has 2 atom stereocenters. The zero-order valence-electron chi connectivity index (χ0n) is 7.47. The van der Waals surface area contributed by atoms with Crippen LogP contribution in [0.4, 0.5) is 0 Å². The molecule has 1 heterocycles. The van der Waals surface area contributed by atoms with Gasteiger partial charge in [0, 0.05) is 5.92 Å². The van der Waals surface area contributed by atoms with Gasteiger partial charge in [0.1, 0.15) is 0 Å². The summed E-state index contributed by atoms with van der Waals surface area (Å²) in [5.74, 6) is 0.729. The number of hydrogen-bond donors (Lipinski definition) is 0. The predicted octanol–water partition coefficient (Wildman–Crippen LogP) is 2.92. The van der Waals surface area contributed by atoms with Crippen LogP contribution in [0.5, 0.6) is 0 Å². The molecule has 1 aliphatic carbocycles. The summed E-state index contributed by atoms with van der Waals surface area (Å²) in [6.45, 7) is 0. The molecule has 0 spiro atoms. The fraction of sp³-hybridized carbons (Fsp3) is 0.273. The Labute approximate surface area is 85.8 Å². The molecule has 2 unspecified atom stereocenters. The minimum absolute atomic E-state index is 0.250. The Morgan fingerprint density at radius 1 is 1.50 bits per heavy atom. The van der Waals surface area contributed by atoms with E-state index in [1.54, 1.807) is 11.3 Å². The maximum absolute atomic E-state index is 8.75. The van der Waals surface area contributed by atoms with Crippen LogP contribution in [0.1, 0.15) is 17.9 Å². The lowest BCUT2D eigenvalue weighted by Gasteiger charge is -1.96. The maximum atomic E-state index is 8.75. The Kier molecular flexibility index (Phi) is 1.59. The topological polar surface area (TPSA) is 36.7 Å². The normalized spacial score (nSPS) is 24.8. The highest BCUT2D eigenvalue weighted by molar-refractivity contribution is 7.16. The average Bonchev–Trinajstić information content (AvgIpc) is 2.87. The third kappa shape index (κ3) is 1.11. The quantitative estimate of drug-likeness (QED) is 0.709. The molecule has 14 heavy (non-hydrogen) atoms. The molecule has 1 aromatic heterocycles. The first kappa shape index (κ1) is 7.95. The van der Waals surface area contributed by atoms with E-state index in [4.69, 9.17) is 5.26 Å². The second-order valence-electron chi connectivity index (χ2n) is 3.66. The molecule has 1 aliphatic rings. The lowest BCUT2D eigenvalue weighted by atomic mass is 10.1. The highest BCUT2D eigenvalue weighted by Crippen LogP contribution is 2.47. The standard InChI is InChI=1S/C11H8N2S/c12-5-8-3-9(8)7-1-2-10-11(4-7)14-6-13-10/h1-2,4,6,8-9H,3H2. The van der Waals surface area contributed by atoms with E-state index in [0.29, 0.717) is 5.92 Å². The minimum Gasteiger partial charge on any atom is -0.245 e. The van der Waals surface area contributed by atoms with Crippen molar-refractivity contribution in [1.82, 2.24) is 4.98 Å². The number of benzene rings is 1. The number of hydrogen-bond acceptors (Lipinski definition) is 3. The van der Waals surface area contributed by atoms with E-state index in [9.17, 15) is 0 Å². The molecular formula is C11H8N2S. The Bertz CT molecular complexity index is 523. The van der Waals surface area contributed by atoms with E-state index in [-0.39, 0.29) is 5.92 Å². The fourth-order valence-electron chi connectivity index (χ4n) is 1.81. The van der Waals surface area contributed by atoms with Gasteiger partial charge in [0.05, 0.1) is 27.7 Å². The van der Waals surface area contributed by atoms with Crippen molar-refractivity contribution in [3.8, 4) is 6.07 Å². The van der Waals surface area contributed by atoms with E-state index in [1.165, 1.54) is 10.3 Å². The van der Waals surface area contributed by atoms with Crippen molar-refractivity contribution in [2.24, 2.45) is 5.92 Å². The van der Waals surface area contributed by atoms with Crippen LogP contribution in [0, 0.1) is 17.2 Å². The number of thiazole rings is 1. The number of aromatic nitrogens is 1. The molecule has 3 heteroatoms. The van der Waals surface area contributed by atoms with E-state index in [2.05, 4.69) is 23.2 Å². The van der Waals surface area contributed by atoms with Crippen molar-refractivity contribution in [3.05, 3.63) is 29.3 Å². The van der Waals surface area contributed by atoms with Gasteiger partial charge in [-0.25, -0.2) is 4.98 Å². The first-order chi connectivity index (χ1) is 6.88. The number of nitriles is 1. The van der Waals surface area contributed by atoms with Gasteiger partial charge in [0.25, 0.3) is 0 Å². The molecule has 2 aromatic rings. The largest absolute Gasteiger partial charge is 0.245 e. The molecule has 0 saturated heterocycles. The number of rotatable bonds is 1. The SMILES string of the molecule is N#CC1CC1c1ccc2ncsc2c1. The van der Waals surface area contributed by atoms with Gasteiger partial charge in [0.15, 0.2) is 0 Å². The van der Waals surface area contributed by atoms with E-state index in [1.807, 2.05) is 11.6 Å². The molecule has 0 amide bonds. The van der Waals surface area contributed by atoms with E-state index in [0.717, 1.165) is 11.9 Å². The Balaban J connectivity index is 2.03. The monoisotopic (exact) mass is 200 g/mol. The molecule has 0 radical (unpaired) electrons. The summed E-state index contributed by atoms with van der Waals surface area (Å²) in [4.78, 5) is 4.23. The van der Waals surface area contributed by atoms with Crippen LogP contribution < -0.4 is 0 Å². The average molecular weight is 200 g/mol. The van der Waals surface area contributed by atoms with Crippen LogP contribution in [0.15, 0.2) is 23.7 Å². The van der Waals surface area contributed by atoms with E-state index < -0.39 is 0 Å². The second-order valence-corrected chi connectivity index (χ2v) is 4.54. The summed E-state index contributed by atoms with van der Waals surface area (Å²) in [6.07, 6.45) is 1.03. The van der Waals surface area contributed by atoms with E-state index >= 15 is 0 Å². The molecule has 68 valence electrons. The lowest BCUT2D eigenvalue weighted by molar-refractivity contribution is 1.02. The Hall–Kier alpha value is -1.40. The number of fused-ring (bicyclic) bond motifs is 1. The van der Waals surface area contributed by atoms with Crippen molar-refractivity contribution in [2.75, 3.05) is 0 Å². The molecule has 3 rings (SSSR count).